The zero-order valence-electron chi connectivity index (χ0n) is 11.2. The number of para-hydroxylation sites is 1. The highest BCUT2D eigenvalue weighted by atomic mass is 35.5. The van der Waals surface area contributed by atoms with Gasteiger partial charge < -0.3 is 5.32 Å². The fourth-order valence-electron chi connectivity index (χ4n) is 1.81. The average Bonchev–Trinajstić information content (AvgIpc) is 2.47. The van der Waals surface area contributed by atoms with E-state index in [0.717, 1.165) is 0 Å². The van der Waals surface area contributed by atoms with Crippen molar-refractivity contribution in [3.63, 3.8) is 0 Å². The Morgan fingerprint density at radius 1 is 1.00 bits per heavy atom. The van der Waals surface area contributed by atoms with E-state index in [-0.39, 0.29) is 16.3 Å². The number of benzene rings is 2. The minimum absolute atomic E-state index is 0.0793. The van der Waals surface area contributed by atoms with Crippen LogP contribution in [0.25, 0.3) is 5.57 Å². The van der Waals surface area contributed by atoms with Crippen LogP contribution in [0.15, 0.2) is 60.7 Å². The highest BCUT2D eigenvalue weighted by molar-refractivity contribution is 6.33. The van der Waals surface area contributed by atoms with Gasteiger partial charge in [0.1, 0.15) is 0 Å². The number of carbonyl (C=O) groups is 1. The number of anilines is 1. The predicted octanol–water partition coefficient (Wildman–Crippen LogP) is 4.92. The van der Waals surface area contributed by atoms with Gasteiger partial charge in [-0.1, -0.05) is 54.1 Å². The maximum absolute atomic E-state index is 13.1. The molecular formula is C16H11ClF3NO. The molecule has 0 fully saturated rings. The lowest BCUT2D eigenvalue weighted by atomic mass is 10.1. The molecule has 2 aromatic carbocycles. The summed E-state index contributed by atoms with van der Waals surface area (Å²) in [6.07, 6.45) is -4.11. The fourth-order valence-corrected chi connectivity index (χ4v) is 1.99. The summed E-state index contributed by atoms with van der Waals surface area (Å²) >= 11 is 5.85. The molecule has 0 saturated heterocycles. The molecule has 0 bridgehead atoms. The van der Waals surface area contributed by atoms with Gasteiger partial charge in [-0.3, -0.25) is 4.79 Å². The predicted molar refractivity (Wildman–Crippen MR) is 80.6 cm³/mol. The molecule has 0 heterocycles. The van der Waals surface area contributed by atoms with Gasteiger partial charge in [0.05, 0.1) is 16.3 Å². The van der Waals surface area contributed by atoms with Crippen molar-refractivity contribution >= 4 is 28.8 Å². The Kier molecular flexibility index (Phi) is 4.88. The van der Waals surface area contributed by atoms with Gasteiger partial charge in [-0.2, -0.15) is 13.2 Å². The Labute approximate surface area is 130 Å². The number of allylic oxidation sites excluding steroid dienone is 1. The van der Waals surface area contributed by atoms with E-state index in [4.69, 9.17) is 11.6 Å². The van der Waals surface area contributed by atoms with Crippen LogP contribution in [-0.2, 0) is 4.79 Å². The lowest BCUT2D eigenvalue weighted by Crippen LogP contribution is -2.16. The van der Waals surface area contributed by atoms with E-state index in [1.54, 1.807) is 18.2 Å². The van der Waals surface area contributed by atoms with Crippen molar-refractivity contribution < 1.29 is 18.0 Å². The summed E-state index contributed by atoms with van der Waals surface area (Å²) in [5.41, 5.74) is -0.845. The van der Waals surface area contributed by atoms with Crippen LogP contribution in [-0.4, -0.2) is 12.1 Å². The number of nitrogens with one attached hydrogen (secondary N) is 1. The summed E-state index contributed by atoms with van der Waals surface area (Å²) in [7, 11) is 0. The molecule has 1 amide bonds. The minimum atomic E-state index is -4.64. The van der Waals surface area contributed by atoms with Gasteiger partial charge in [0.2, 0.25) is 5.91 Å². The molecule has 0 aliphatic rings. The smallest absolute Gasteiger partial charge is 0.321 e. The Morgan fingerprint density at radius 3 is 2.18 bits per heavy atom. The summed E-state index contributed by atoms with van der Waals surface area (Å²) in [6, 6.07) is 13.4. The first-order valence-corrected chi connectivity index (χ1v) is 6.65. The van der Waals surface area contributed by atoms with Crippen molar-refractivity contribution in [1.82, 2.24) is 0 Å². The Bertz CT molecular complexity index is 696. The van der Waals surface area contributed by atoms with Crippen LogP contribution >= 0.6 is 11.6 Å². The molecule has 2 aromatic rings. The monoisotopic (exact) mass is 325 g/mol. The molecule has 2 rings (SSSR count). The maximum Gasteiger partial charge on any atom is 0.417 e. The maximum atomic E-state index is 13.1. The largest absolute Gasteiger partial charge is 0.417 e. The molecule has 0 unspecified atom stereocenters. The molecule has 114 valence electrons. The van der Waals surface area contributed by atoms with Crippen molar-refractivity contribution in [3.8, 4) is 0 Å². The second-order valence-corrected chi connectivity index (χ2v) is 4.80. The molecule has 6 heteroatoms. The number of alkyl halides is 3. The molecule has 0 atom stereocenters. The molecule has 0 aliphatic carbocycles. The normalized spacial score (nSPS) is 12.1. The Hall–Kier alpha value is -2.27. The molecule has 0 radical (unpaired) electrons. The van der Waals surface area contributed by atoms with Gasteiger partial charge in [0.15, 0.2) is 0 Å². The number of hydrogen-bond donors (Lipinski definition) is 1. The molecule has 1 N–H and O–H groups in total. The van der Waals surface area contributed by atoms with Crippen LogP contribution in [0.1, 0.15) is 5.56 Å². The van der Waals surface area contributed by atoms with E-state index in [0.29, 0.717) is 6.08 Å². The van der Waals surface area contributed by atoms with Gasteiger partial charge >= 0.3 is 6.18 Å². The summed E-state index contributed by atoms with van der Waals surface area (Å²) in [4.78, 5) is 11.8. The number of carbonyl (C=O) groups excluding carboxylic acids is 1. The van der Waals surface area contributed by atoms with E-state index in [2.05, 4.69) is 5.32 Å². The highest BCUT2D eigenvalue weighted by Gasteiger charge is 2.35. The first-order valence-electron chi connectivity index (χ1n) is 6.28. The van der Waals surface area contributed by atoms with E-state index in [1.807, 2.05) is 0 Å². The number of hydrogen-bond acceptors (Lipinski definition) is 1. The third kappa shape index (κ3) is 4.11. The minimum Gasteiger partial charge on any atom is -0.321 e. The van der Waals surface area contributed by atoms with Gasteiger partial charge in [-0.15, -0.1) is 0 Å². The van der Waals surface area contributed by atoms with Crippen molar-refractivity contribution in [2.75, 3.05) is 5.32 Å². The van der Waals surface area contributed by atoms with Crippen molar-refractivity contribution in [3.05, 3.63) is 71.3 Å². The molecular weight excluding hydrogens is 315 g/mol. The van der Waals surface area contributed by atoms with Crippen LogP contribution in [0, 0.1) is 0 Å². The number of amides is 1. The average molecular weight is 326 g/mol. The summed E-state index contributed by atoms with van der Waals surface area (Å²) in [6.45, 7) is 0. The van der Waals surface area contributed by atoms with Crippen LogP contribution in [0.5, 0.6) is 0 Å². The standard InChI is InChI=1S/C16H11ClF3NO/c17-13-8-4-5-9-14(13)21-15(22)10-12(16(18,19)20)11-6-2-1-3-7-11/h1-10H,(H,21,22)/b12-10-. The van der Waals surface area contributed by atoms with Crippen molar-refractivity contribution in [2.45, 2.75) is 6.18 Å². The van der Waals surface area contributed by atoms with Crippen molar-refractivity contribution in [2.24, 2.45) is 0 Å². The molecule has 0 saturated carbocycles. The van der Waals surface area contributed by atoms with E-state index < -0.39 is 17.7 Å². The lowest BCUT2D eigenvalue weighted by molar-refractivity contribution is -0.112. The van der Waals surface area contributed by atoms with E-state index >= 15 is 0 Å². The zero-order chi connectivity index (χ0) is 16.2. The molecule has 0 aromatic heterocycles. The van der Waals surface area contributed by atoms with Crippen LogP contribution in [0.3, 0.4) is 0 Å². The molecule has 22 heavy (non-hydrogen) atoms. The number of halogens is 4. The molecule has 0 spiro atoms. The first kappa shape index (κ1) is 16.1. The van der Waals surface area contributed by atoms with Crippen LogP contribution in [0.4, 0.5) is 18.9 Å². The van der Waals surface area contributed by atoms with Gasteiger partial charge in [0.25, 0.3) is 0 Å². The van der Waals surface area contributed by atoms with E-state index in [1.165, 1.54) is 36.4 Å². The third-order valence-corrected chi connectivity index (χ3v) is 3.13. The SMILES string of the molecule is O=C(/C=C(/c1ccccc1)C(F)(F)F)Nc1ccccc1Cl. The van der Waals surface area contributed by atoms with Gasteiger partial charge in [0, 0.05) is 6.08 Å². The van der Waals surface area contributed by atoms with Gasteiger partial charge in [-0.05, 0) is 17.7 Å². The van der Waals surface area contributed by atoms with Crippen molar-refractivity contribution in [1.29, 1.82) is 0 Å². The summed E-state index contributed by atoms with van der Waals surface area (Å²) < 4.78 is 39.3. The summed E-state index contributed by atoms with van der Waals surface area (Å²) in [5.74, 6) is -0.899. The second kappa shape index (κ2) is 6.66. The quantitative estimate of drug-likeness (QED) is 0.797. The zero-order valence-corrected chi connectivity index (χ0v) is 11.9. The molecule has 0 aliphatic heterocycles. The molecule has 2 nitrogen and oxygen atoms in total. The lowest BCUT2D eigenvalue weighted by Gasteiger charge is -2.12. The highest BCUT2D eigenvalue weighted by Crippen LogP contribution is 2.33. The summed E-state index contributed by atoms with van der Waals surface area (Å²) in [5, 5.41) is 2.58. The topological polar surface area (TPSA) is 29.1 Å². The third-order valence-electron chi connectivity index (χ3n) is 2.80. The Balaban J connectivity index is 2.30. The first-order chi connectivity index (χ1) is 10.4. The fraction of sp³-hybridized carbons (Fsp3) is 0.0625. The van der Waals surface area contributed by atoms with Gasteiger partial charge in [-0.25, -0.2) is 0 Å². The van der Waals surface area contributed by atoms with Crippen LogP contribution < -0.4 is 5.32 Å². The second-order valence-electron chi connectivity index (χ2n) is 4.39. The number of rotatable bonds is 3. The van der Waals surface area contributed by atoms with Crippen LogP contribution in [0.2, 0.25) is 5.02 Å². The Morgan fingerprint density at radius 2 is 1.59 bits per heavy atom. The van der Waals surface area contributed by atoms with E-state index in [9.17, 15) is 18.0 Å².